The second-order valence-corrected chi connectivity index (χ2v) is 6.58. The summed E-state index contributed by atoms with van der Waals surface area (Å²) >= 11 is 0. The number of hydrogen-bond acceptors (Lipinski definition) is 6. The maximum atomic E-state index is 11.9. The van der Waals surface area contributed by atoms with E-state index in [4.69, 9.17) is 10.5 Å². The number of rotatable bonds is 8. The van der Waals surface area contributed by atoms with Crippen LogP contribution in [0.4, 0.5) is 0 Å². The number of benzene rings is 1. The molecule has 0 radical (unpaired) electrons. The topological polar surface area (TPSA) is 95.7 Å². The Morgan fingerprint density at radius 3 is 2.33 bits per heavy atom. The molecule has 0 fully saturated rings. The van der Waals surface area contributed by atoms with E-state index in [0.717, 1.165) is 0 Å². The maximum absolute atomic E-state index is 11.9. The van der Waals surface area contributed by atoms with Crippen molar-refractivity contribution in [2.75, 3.05) is 24.7 Å². The summed E-state index contributed by atoms with van der Waals surface area (Å²) in [7, 11) is -3.60. The van der Waals surface area contributed by atoms with Crippen molar-refractivity contribution < 1.29 is 22.7 Å². The fourth-order valence-corrected chi connectivity index (χ4v) is 3.09. The van der Waals surface area contributed by atoms with Gasteiger partial charge in [-0.3, -0.25) is 4.79 Å². The number of esters is 1. The molecule has 1 rings (SSSR count). The van der Waals surface area contributed by atoms with Gasteiger partial charge in [0, 0.05) is 6.04 Å². The first kappa shape index (κ1) is 17.5. The molecule has 0 aliphatic carbocycles. The molecule has 0 amide bonds. The largest absolute Gasteiger partial charge is 0.494 e. The average Bonchev–Trinajstić information content (AvgIpc) is 2.38. The van der Waals surface area contributed by atoms with Crippen LogP contribution in [0, 0.1) is 0 Å². The number of carbonyl (C=O) groups is 1. The van der Waals surface area contributed by atoms with Gasteiger partial charge in [0.05, 0.1) is 19.0 Å². The first-order valence-electron chi connectivity index (χ1n) is 6.72. The average molecular weight is 315 g/mol. The zero-order valence-corrected chi connectivity index (χ0v) is 13.1. The van der Waals surface area contributed by atoms with E-state index in [1.807, 2.05) is 6.92 Å². The van der Waals surface area contributed by atoms with E-state index in [0.29, 0.717) is 17.9 Å². The van der Waals surface area contributed by atoms with Crippen molar-refractivity contribution in [1.29, 1.82) is 0 Å². The smallest absolute Gasteiger partial charge is 0.321 e. The lowest BCUT2D eigenvalue weighted by molar-refractivity contribution is -0.139. The maximum Gasteiger partial charge on any atom is 0.321 e. The van der Waals surface area contributed by atoms with Crippen molar-refractivity contribution in [3.05, 3.63) is 29.8 Å². The molecule has 1 atom stereocenters. The molecular weight excluding hydrogens is 294 g/mol. The lowest BCUT2D eigenvalue weighted by atomic mass is 10.1. The van der Waals surface area contributed by atoms with Gasteiger partial charge < -0.3 is 15.2 Å². The highest BCUT2D eigenvalue weighted by Crippen LogP contribution is 2.18. The van der Waals surface area contributed by atoms with Crippen LogP contribution < -0.4 is 10.5 Å². The van der Waals surface area contributed by atoms with Gasteiger partial charge in [-0.15, -0.1) is 0 Å². The molecule has 0 aromatic heterocycles. The van der Waals surface area contributed by atoms with E-state index in [1.165, 1.54) is 0 Å². The molecule has 0 heterocycles. The fourth-order valence-electron chi connectivity index (χ4n) is 1.79. The van der Waals surface area contributed by atoms with Crippen molar-refractivity contribution >= 4 is 15.8 Å². The van der Waals surface area contributed by atoms with E-state index >= 15 is 0 Å². The van der Waals surface area contributed by atoms with Crippen LogP contribution in [0.1, 0.15) is 25.5 Å². The van der Waals surface area contributed by atoms with Gasteiger partial charge in [0.25, 0.3) is 0 Å². The Hall–Kier alpha value is -1.60. The predicted molar refractivity (Wildman–Crippen MR) is 79.8 cm³/mol. The molecule has 1 aromatic carbocycles. The summed E-state index contributed by atoms with van der Waals surface area (Å²) in [5.41, 5.74) is 6.55. The Balaban J connectivity index is 2.66. The first-order chi connectivity index (χ1) is 9.88. The lowest BCUT2D eigenvalue weighted by Crippen LogP contribution is -2.27. The van der Waals surface area contributed by atoms with Crippen LogP contribution in [-0.2, 0) is 19.4 Å². The molecule has 118 valence electrons. The van der Waals surface area contributed by atoms with E-state index in [9.17, 15) is 13.2 Å². The number of ether oxygens (including phenoxy) is 2. The third-order valence-corrected chi connectivity index (χ3v) is 4.24. The Morgan fingerprint density at radius 1 is 1.19 bits per heavy atom. The molecule has 2 N–H and O–H groups in total. The van der Waals surface area contributed by atoms with Gasteiger partial charge in [0.1, 0.15) is 11.5 Å². The second kappa shape index (κ2) is 7.99. The van der Waals surface area contributed by atoms with Crippen LogP contribution in [0.3, 0.4) is 0 Å². The van der Waals surface area contributed by atoms with Gasteiger partial charge in [-0.2, -0.15) is 0 Å². The van der Waals surface area contributed by atoms with E-state index in [-0.39, 0.29) is 12.4 Å². The van der Waals surface area contributed by atoms with Crippen molar-refractivity contribution in [1.82, 2.24) is 0 Å². The number of nitrogens with two attached hydrogens (primary N) is 1. The summed E-state index contributed by atoms with van der Waals surface area (Å²) < 4.78 is 33.7. The highest BCUT2D eigenvalue weighted by atomic mass is 32.2. The Bertz CT molecular complexity index is 553. The zero-order valence-electron chi connectivity index (χ0n) is 12.2. The molecular formula is C14H21NO5S. The highest BCUT2D eigenvalue weighted by Gasteiger charge is 2.22. The highest BCUT2D eigenvalue weighted by molar-refractivity contribution is 7.92. The third kappa shape index (κ3) is 6.14. The quantitative estimate of drug-likeness (QED) is 0.721. The third-order valence-electron chi connectivity index (χ3n) is 2.70. The van der Waals surface area contributed by atoms with Crippen molar-refractivity contribution in [3.8, 4) is 5.75 Å². The van der Waals surface area contributed by atoms with Gasteiger partial charge in [-0.1, -0.05) is 12.1 Å². The minimum absolute atomic E-state index is 0.152. The normalized spacial score (nSPS) is 12.7. The minimum atomic E-state index is -3.60. The van der Waals surface area contributed by atoms with Gasteiger partial charge in [0.15, 0.2) is 9.84 Å². The molecule has 21 heavy (non-hydrogen) atoms. The van der Waals surface area contributed by atoms with Crippen LogP contribution in [-0.4, -0.2) is 39.1 Å². The number of carbonyl (C=O) groups excluding carboxylic acids is 1. The summed E-state index contributed by atoms with van der Waals surface area (Å²) in [6.07, 6.45) is 0. The van der Waals surface area contributed by atoms with Gasteiger partial charge in [0.2, 0.25) is 0 Å². The molecule has 0 spiro atoms. The number of sulfone groups is 1. The molecule has 6 nitrogen and oxygen atoms in total. The predicted octanol–water partition coefficient (Wildman–Crippen LogP) is 1.06. The van der Waals surface area contributed by atoms with Crippen molar-refractivity contribution in [2.45, 2.75) is 19.9 Å². The Morgan fingerprint density at radius 2 is 1.81 bits per heavy atom. The summed E-state index contributed by atoms with van der Waals surface area (Å²) in [6.45, 7) is 4.20. The Labute approximate surface area is 125 Å². The van der Waals surface area contributed by atoms with Crippen molar-refractivity contribution in [3.63, 3.8) is 0 Å². The zero-order chi connectivity index (χ0) is 15.9. The van der Waals surface area contributed by atoms with Gasteiger partial charge in [-0.05, 0) is 31.5 Å². The summed E-state index contributed by atoms with van der Waals surface area (Å²) in [5, 5.41) is 0. The van der Waals surface area contributed by atoms with Crippen LogP contribution in [0.5, 0.6) is 5.75 Å². The molecule has 1 unspecified atom stereocenters. The van der Waals surface area contributed by atoms with Crippen molar-refractivity contribution in [2.24, 2.45) is 5.73 Å². The van der Waals surface area contributed by atoms with Crippen LogP contribution in [0.15, 0.2) is 24.3 Å². The first-order valence-corrected chi connectivity index (χ1v) is 8.54. The van der Waals surface area contributed by atoms with Gasteiger partial charge >= 0.3 is 5.97 Å². The molecule has 0 saturated carbocycles. The Kier molecular flexibility index (Phi) is 6.64. The fraction of sp³-hybridized carbons (Fsp3) is 0.500. The summed E-state index contributed by atoms with van der Waals surface area (Å²) in [4.78, 5) is 11.2. The molecule has 1 aromatic rings. The summed E-state index contributed by atoms with van der Waals surface area (Å²) in [5.74, 6) is -1.01. The molecule has 0 aliphatic heterocycles. The molecule has 7 heteroatoms. The van der Waals surface area contributed by atoms with Crippen LogP contribution in [0.2, 0.25) is 0 Å². The molecule has 0 saturated heterocycles. The standard InChI is InChI=1S/C14H21NO5S/c1-3-19-12-7-5-11(6-8-12)13(15)9-21(17,18)10-14(16)20-4-2/h5-8,13H,3-4,9-10,15H2,1-2H3. The monoisotopic (exact) mass is 315 g/mol. The van der Waals surface area contributed by atoms with Crippen LogP contribution >= 0.6 is 0 Å². The minimum Gasteiger partial charge on any atom is -0.494 e. The van der Waals surface area contributed by atoms with E-state index in [2.05, 4.69) is 4.74 Å². The van der Waals surface area contributed by atoms with E-state index in [1.54, 1.807) is 31.2 Å². The van der Waals surface area contributed by atoms with E-state index < -0.39 is 27.6 Å². The SMILES string of the molecule is CCOC(=O)CS(=O)(=O)CC(N)c1ccc(OCC)cc1. The molecule has 0 bridgehead atoms. The second-order valence-electron chi connectivity index (χ2n) is 4.47. The van der Waals surface area contributed by atoms with Gasteiger partial charge in [-0.25, -0.2) is 8.42 Å². The summed E-state index contributed by atoms with van der Waals surface area (Å²) in [6, 6.07) is 6.21. The lowest BCUT2D eigenvalue weighted by Gasteiger charge is -2.13. The molecule has 0 aliphatic rings. The van der Waals surface area contributed by atoms with Crippen LogP contribution in [0.25, 0.3) is 0 Å². The number of hydrogen-bond donors (Lipinski definition) is 1.